The Hall–Kier alpha value is -1.25. The maximum Gasteiger partial charge on any atom is 0.472 e. The van der Waals surface area contributed by atoms with E-state index in [4.69, 9.17) is 24.3 Å². The second kappa shape index (κ2) is 60.0. The van der Waals surface area contributed by atoms with Gasteiger partial charge in [-0.2, -0.15) is 0 Å². The highest BCUT2D eigenvalue weighted by Crippen LogP contribution is 2.43. The lowest BCUT2D eigenvalue weighted by Crippen LogP contribution is -2.29. The molecule has 0 spiro atoms. The van der Waals surface area contributed by atoms with Crippen LogP contribution in [0.3, 0.4) is 0 Å². The normalized spacial score (nSPS) is 13.0. The Labute approximate surface area is 453 Å². The number of phosphoric ester groups is 1. The second-order valence-electron chi connectivity index (χ2n) is 22.0. The fraction of sp³-hybridized carbons (Fsp3) is 0.937. The summed E-state index contributed by atoms with van der Waals surface area (Å²) in [5, 5.41) is 0. The van der Waals surface area contributed by atoms with Gasteiger partial charge in [-0.25, -0.2) is 4.57 Å². The molecule has 0 saturated carbocycles. The number of allylic oxidation sites excluding steroid dienone is 2. The summed E-state index contributed by atoms with van der Waals surface area (Å²) >= 11 is 0. The summed E-state index contributed by atoms with van der Waals surface area (Å²) in [6.45, 7) is 3.78. The Bertz CT molecular complexity index is 1200. The first-order chi connectivity index (χ1) is 35.8. The third-order valence-corrected chi connectivity index (χ3v) is 15.6. The monoisotopic (exact) mass is 1050 g/mol. The highest BCUT2D eigenvalue weighted by atomic mass is 31.2. The van der Waals surface area contributed by atoms with Crippen molar-refractivity contribution in [2.24, 2.45) is 5.73 Å². The van der Waals surface area contributed by atoms with Crippen LogP contribution in [0.5, 0.6) is 0 Å². The van der Waals surface area contributed by atoms with E-state index in [2.05, 4.69) is 26.0 Å². The lowest BCUT2D eigenvalue weighted by atomic mass is 10.0. The van der Waals surface area contributed by atoms with Crippen molar-refractivity contribution in [2.75, 3.05) is 26.4 Å². The molecule has 0 aromatic rings. The van der Waals surface area contributed by atoms with E-state index in [1.807, 2.05) is 0 Å². The molecule has 0 bridgehead atoms. The van der Waals surface area contributed by atoms with Crippen LogP contribution >= 0.6 is 7.82 Å². The van der Waals surface area contributed by atoms with E-state index in [9.17, 15) is 19.0 Å². The van der Waals surface area contributed by atoms with E-state index in [-0.39, 0.29) is 38.6 Å². The number of unbranched alkanes of at least 4 members (excludes halogenated alkanes) is 47. The minimum absolute atomic E-state index is 0.0552. The van der Waals surface area contributed by atoms with E-state index < -0.39 is 26.5 Å². The molecule has 2 unspecified atom stereocenters. The predicted octanol–water partition coefficient (Wildman–Crippen LogP) is 20.4. The van der Waals surface area contributed by atoms with Crippen molar-refractivity contribution in [3.05, 3.63) is 12.2 Å². The van der Waals surface area contributed by atoms with E-state index >= 15 is 0 Å². The minimum atomic E-state index is -4.38. The number of phosphoric acid groups is 1. The Kier molecular flexibility index (Phi) is 59.0. The van der Waals surface area contributed by atoms with E-state index in [1.54, 1.807) is 0 Å². The van der Waals surface area contributed by atoms with Crippen LogP contribution < -0.4 is 5.73 Å². The van der Waals surface area contributed by atoms with Crippen molar-refractivity contribution < 1.29 is 37.6 Å². The molecule has 73 heavy (non-hydrogen) atoms. The number of ether oxygens (including phenoxy) is 2. The number of rotatable bonds is 62. The number of carbonyl (C=O) groups is 2. The maximum atomic E-state index is 12.6. The van der Waals surface area contributed by atoms with Crippen molar-refractivity contribution in [1.29, 1.82) is 0 Å². The summed E-state index contributed by atoms with van der Waals surface area (Å²) < 4.78 is 33.0. The van der Waals surface area contributed by atoms with Crippen LogP contribution in [0.1, 0.15) is 348 Å². The zero-order valence-corrected chi connectivity index (χ0v) is 49.6. The number of hydrogen-bond acceptors (Lipinski definition) is 8. The standard InChI is InChI=1S/C63H124NO8P/c1-3-5-7-9-11-13-15-17-19-20-21-22-23-24-25-26-27-28-29-30-31-32-33-34-35-36-37-38-39-40-41-42-44-45-47-49-51-53-55-62(65)69-59-61(60-71-73(67,68)70-58-57-64)72-63(66)56-54-52-50-48-46-43-18-16-14-12-10-8-6-4-2/h16,18,61H,3-15,17,19-60,64H2,1-2H3,(H,67,68)/b18-16-. The van der Waals surface area contributed by atoms with Gasteiger partial charge in [0.15, 0.2) is 6.10 Å². The van der Waals surface area contributed by atoms with Crippen LogP contribution in [0, 0.1) is 0 Å². The summed E-state index contributed by atoms with van der Waals surface area (Å²) in [5.41, 5.74) is 5.38. The molecular formula is C63H124NO8P. The molecular weight excluding hydrogens is 930 g/mol. The van der Waals surface area contributed by atoms with Gasteiger partial charge >= 0.3 is 19.8 Å². The van der Waals surface area contributed by atoms with Gasteiger partial charge in [0.25, 0.3) is 0 Å². The van der Waals surface area contributed by atoms with Crippen LogP contribution in [0.25, 0.3) is 0 Å². The summed E-state index contributed by atoms with van der Waals surface area (Å²) in [7, 11) is -4.38. The van der Waals surface area contributed by atoms with Crippen LogP contribution in [-0.2, 0) is 32.7 Å². The number of esters is 2. The topological polar surface area (TPSA) is 134 Å². The van der Waals surface area contributed by atoms with Gasteiger partial charge in [0.2, 0.25) is 0 Å². The Morgan fingerprint density at radius 3 is 0.973 bits per heavy atom. The molecule has 10 heteroatoms. The molecule has 0 aromatic carbocycles. The largest absolute Gasteiger partial charge is 0.472 e. The molecule has 0 amide bonds. The van der Waals surface area contributed by atoms with Crippen LogP contribution in [-0.4, -0.2) is 49.3 Å². The van der Waals surface area contributed by atoms with E-state index in [1.165, 1.54) is 263 Å². The molecule has 434 valence electrons. The average molecular weight is 1050 g/mol. The van der Waals surface area contributed by atoms with Gasteiger partial charge in [0.05, 0.1) is 13.2 Å². The van der Waals surface area contributed by atoms with Crippen molar-refractivity contribution >= 4 is 19.8 Å². The minimum Gasteiger partial charge on any atom is -0.462 e. The van der Waals surface area contributed by atoms with Gasteiger partial charge in [-0.3, -0.25) is 18.6 Å². The summed E-state index contributed by atoms with van der Waals surface area (Å²) in [6.07, 6.45) is 70.4. The summed E-state index contributed by atoms with van der Waals surface area (Å²) in [5.74, 6) is -0.819. The Morgan fingerprint density at radius 2 is 0.671 bits per heavy atom. The summed E-state index contributed by atoms with van der Waals surface area (Å²) in [4.78, 5) is 35.1. The van der Waals surface area contributed by atoms with Gasteiger partial charge in [-0.05, 0) is 38.5 Å². The number of hydrogen-bond donors (Lipinski definition) is 2. The maximum absolute atomic E-state index is 12.6. The highest BCUT2D eigenvalue weighted by molar-refractivity contribution is 7.47. The van der Waals surface area contributed by atoms with E-state index in [0.29, 0.717) is 6.42 Å². The first-order valence-electron chi connectivity index (χ1n) is 32.2. The molecule has 0 aliphatic heterocycles. The molecule has 0 aliphatic carbocycles. The number of carbonyl (C=O) groups excluding carboxylic acids is 2. The molecule has 3 N–H and O–H groups in total. The van der Waals surface area contributed by atoms with Crippen LogP contribution in [0.4, 0.5) is 0 Å². The fourth-order valence-corrected chi connectivity index (χ4v) is 10.6. The van der Waals surface area contributed by atoms with Crippen molar-refractivity contribution in [2.45, 2.75) is 354 Å². The molecule has 0 rings (SSSR count). The van der Waals surface area contributed by atoms with Gasteiger partial charge in [0, 0.05) is 19.4 Å². The van der Waals surface area contributed by atoms with Gasteiger partial charge in [-0.1, -0.05) is 309 Å². The van der Waals surface area contributed by atoms with Gasteiger partial charge < -0.3 is 20.1 Å². The summed E-state index contributed by atoms with van der Waals surface area (Å²) in [6, 6.07) is 0. The van der Waals surface area contributed by atoms with E-state index in [0.717, 1.165) is 51.4 Å². The Balaban J connectivity index is 3.70. The zero-order chi connectivity index (χ0) is 53.1. The molecule has 0 fully saturated rings. The molecule has 9 nitrogen and oxygen atoms in total. The second-order valence-corrected chi connectivity index (χ2v) is 23.4. The molecule has 0 radical (unpaired) electrons. The molecule has 2 atom stereocenters. The third-order valence-electron chi connectivity index (χ3n) is 14.7. The average Bonchev–Trinajstić information content (AvgIpc) is 3.38. The van der Waals surface area contributed by atoms with Crippen LogP contribution in [0.15, 0.2) is 12.2 Å². The predicted molar refractivity (Wildman–Crippen MR) is 312 cm³/mol. The molecule has 0 aromatic heterocycles. The molecule has 0 saturated heterocycles. The highest BCUT2D eigenvalue weighted by Gasteiger charge is 2.26. The first-order valence-corrected chi connectivity index (χ1v) is 33.7. The Morgan fingerprint density at radius 1 is 0.397 bits per heavy atom. The molecule has 0 heterocycles. The first kappa shape index (κ1) is 71.8. The smallest absolute Gasteiger partial charge is 0.462 e. The quantitative estimate of drug-likeness (QED) is 0.0264. The van der Waals surface area contributed by atoms with Crippen molar-refractivity contribution in [3.63, 3.8) is 0 Å². The SMILES string of the molecule is CCCCCCC/C=C\CCCCCCCC(=O)OC(COC(=O)CCCCCCCCCCCCCCCCCCCCCCCCCCCCCCCCCCCCCCCC)COP(=O)(O)OCCN. The molecule has 0 aliphatic rings. The third kappa shape index (κ3) is 59.8. The zero-order valence-electron chi connectivity index (χ0n) is 48.7. The lowest BCUT2D eigenvalue weighted by Gasteiger charge is -2.19. The fourth-order valence-electron chi connectivity index (χ4n) is 9.87. The number of nitrogens with two attached hydrogens (primary N) is 1. The van der Waals surface area contributed by atoms with Gasteiger partial charge in [-0.15, -0.1) is 0 Å². The van der Waals surface area contributed by atoms with Crippen molar-refractivity contribution in [1.82, 2.24) is 0 Å². The lowest BCUT2D eigenvalue weighted by molar-refractivity contribution is -0.161. The van der Waals surface area contributed by atoms with Crippen molar-refractivity contribution in [3.8, 4) is 0 Å². The van der Waals surface area contributed by atoms with Gasteiger partial charge in [0.1, 0.15) is 6.61 Å². The van der Waals surface area contributed by atoms with Crippen LogP contribution in [0.2, 0.25) is 0 Å².